The van der Waals surface area contributed by atoms with Gasteiger partial charge in [0.15, 0.2) is 11.5 Å². The Morgan fingerprint density at radius 3 is 2.25 bits per heavy atom. The number of aryl methyl sites for hydroxylation is 1. The molecule has 0 aromatic carbocycles. The highest BCUT2D eigenvalue weighted by Crippen LogP contribution is 2.25. The van der Waals surface area contributed by atoms with E-state index in [9.17, 15) is 14.4 Å². The van der Waals surface area contributed by atoms with Crippen molar-refractivity contribution in [2.45, 2.75) is 39.3 Å². The summed E-state index contributed by atoms with van der Waals surface area (Å²) < 4.78 is 12.4. The minimum Gasteiger partial charge on any atom is -0.459 e. The van der Waals surface area contributed by atoms with Crippen LogP contribution in [0, 0.1) is 0 Å². The average Bonchev–Trinajstić information content (AvgIpc) is 3.40. The van der Waals surface area contributed by atoms with E-state index in [4.69, 9.17) is 9.15 Å². The Balaban J connectivity index is 1.44. The molecule has 0 spiro atoms. The third kappa shape index (κ3) is 4.35. The lowest BCUT2D eigenvalue weighted by molar-refractivity contribution is 0.0221. The van der Waals surface area contributed by atoms with Gasteiger partial charge in [0.25, 0.3) is 11.8 Å². The summed E-state index contributed by atoms with van der Waals surface area (Å²) in [6.07, 6.45) is 1.68. The van der Waals surface area contributed by atoms with Crippen LogP contribution in [0.4, 0.5) is 4.79 Å². The number of furan rings is 1. The molecule has 10 nitrogen and oxygen atoms in total. The molecule has 10 heteroatoms. The van der Waals surface area contributed by atoms with Gasteiger partial charge in [-0.1, -0.05) is 0 Å². The Morgan fingerprint density at radius 1 is 1.00 bits per heavy atom. The van der Waals surface area contributed by atoms with Crippen LogP contribution in [0.3, 0.4) is 0 Å². The second kappa shape index (κ2) is 8.33. The Kier molecular flexibility index (Phi) is 5.70. The third-order valence-corrected chi connectivity index (χ3v) is 5.68. The molecule has 1 fully saturated rings. The minimum absolute atomic E-state index is 0.176. The number of hydrogen-bond acceptors (Lipinski definition) is 6. The molecule has 4 heterocycles. The van der Waals surface area contributed by atoms with E-state index in [1.807, 2.05) is 27.8 Å². The fraction of sp³-hybridized carbons (Fsp3) is 0.545. The fourth-order valence-electron chi connectivity index (χ4n) is 4.06. The molecule has 0 radical (unpaired) electrons. The maximum absolute atomic E-state index is 13.3. The second-order valence-electron chi connectivity index (χ2n) is 9.11. The van der Waals surface area contributed by atoms with Gasteiger partial charge in [-0.25, -0.2) is 4.79 Å². The molecule has 0 unspecified atom stereocenters. The first-order valence-electron chi connectivity index (χ1n) is 10.8. The zero-order valence-corrected chi connectivity index (χ0v) is 19.0. The van der Waals surface area contributed by atoms with Crippen molar-refractivity contribution in [3.8, 4) is 0 Å². The number of carbonyl (C=O) groups excluding carboxylic acids is 3. The number of rotatable bonds is 2. The maximum atomic E-state index is 13.3. The monoisotopic (exact) mass is 443 g/mol. The molecule has 0 aliphatic carbocycles. The zero-order valence-electron chi connectivity index (χ0n) is 19.0. The van der Waals surface area contributed by atoms with Crippen LogP contribution in [0.1, 0.15) is 53.1 Å². The van der Waals surface area contributed by atoms with Gasteiger partial charge in [0.1, 0.15) is 5.60 Å². The van der Waals surface area contributed by atoms with Crippen LogP contribution in [0.25, 0.3) is 0 Å². The molecular weight excluding hydrogens is 414 g/mol. The van der Waals surface area contributed by atoms with Crippen LogP contribution in [0.5, 0.6) is 0 Å². The van der Waals surface area contributed by atoms with Crippen LogP contribution in [-0.4, -0.2) is 80.7 Å². The number of piperazine rings is 1. The molecule has 2 aromatic heterocycles. The highest BCUT2D eigenvalue weighted by atomic mass is 16.6. The lowest BCUT2D eigenvalue weighted by Crippen LogP contribution is -2.51. The van der Waals surface area contributed by atoms with E-state index in [0.717, 1.165) is 11.3 Å². The predicted molar refractivity (Wildman–Crippen MR) is 114 cm³/mol. The highest BCUT2D eigenvalue weighted by Gasteiger charge is 2.34. The number of fused-ring (bicyclic) bond motifs is 1. The molecular formula is C22H29N5O5. The van der Waals surface area contributed by atoms with Gasteiger partial charge in [0, 0.05) is 57.4 Å². The van der Waals surface area contributed by atoms with Crippen molar-refractivity contribution in [2.24, 2.45) is 7.05 Å². The largest absolute Gasteiger partial charge is 0.459 e. The average molecular weight is 444 g/mol. The van der Waals surface area contributed by atoms with Gasteiger partial charge in [-0.3, -0.25) is 14.3 Å². The van der Waals surface area contributed by atoms with E-state index in [0.29, 0.717) is 50.6 Å². The van der Waals surface area contributed by atoms with Gasteiger partial charge in [0.2, 0.25) is 0 Å². The zero-order chi connectivity index (χ0) is 23.0. The van der Waals surface area contributed by atoms with Crippen molar-refractivity contribution in [3.05, 3.63) is 41.1 Å². The number of hydrogen-bond donors (Lipinski definition) is 0. The lowest BCUT2D eigenvalue weighted by Gasteiger charge is -2.34. The summed E-state index contributed by atoms with van der Waals surface area (Å²) in [5, 5.41) is 4.48. The lowest BCUT2D eigenvalue weighted by atomic mass is 10.0. The summed E-state index contributed by atoms with van der Waals surface area (Å²) in [5.74, 6) is -0.0610. The van der Waals surface area contributed by atoms with Gasteiger partial charge >= 0.3 is 6.09 Å². The number of aromatic nitrogens is 2. The van der Waals surface area contributed by atoms with Crippen molar-refractivity contribution in [1.82, 2.24) is 24.5 Å². The Hall–Kier alpha value is -3.30. The first kappa shape index (κ1) is 21.9. The smallest absolute Gasteiger partial charge is 0.410 e. The molecule has 2 aromatic rings. The molecule has 0 saturated carbocycles. The molecule has 3 amide bonds. The van der Waals surface area contributed by atoms with Gasteiger partial charge in [0.05, 0.1) is 12.8 Å². The van der Waals surface area contributed by atoms with Crippen molar-refractivity contribution < 1.29 is 23.5 Å². The van der Waals surface area contributed by atoms with Crippen molar-refractivity contribution in [1.29, 1.82) is 0 Å². The van der Waals surface area contributed by atoms with Crippen LogP contribution >= 0.6 is 0 Å². The predicted octanol–water partition coefficient (Wildman–Crippen LogP) is 1.90. The number of ether oxygens (including phenoxy) is 1. The summed E-state index contributed by atoms with van der Waals surface area (Å²) >= 11 is 0. The Labute approximate surface area is 186 Å². The molecule has 2 aliphatic rings. The molecule has 0 bridgehead atoms. The van der Waals surface area contributed by atoms with Gasteiger partial charge in [-0.2, -0.15) is 5.10 Å². The van der Waals surface area contributed by atoms with Crippen molar-refractivity contribution in [3.63, 3.8) is 0 Å². The van der Waals surface area contributed by atoms with E-state index in [1.165, 1.54) is 6.26 Å². The van der Waals surface area contributed by atoms with Gasteiger partial charge in [-0.05, 0) is 32.9 Å². The summed E-state index contributed by atoms with van der Waals surface area (Å²) in [6.45, 7) is 7.95. The molecule has 2 aliphatic heterocycles. The first-order valence-corrected chi connectivity index (χ1v) is 10.8. The van der Waals surface area contributed by atoms with E-state index in [2.05, 4.69) is 5.10 Å². The molecule has 32 heavy (non-hydrogen) atoms. The van der Waals surface area contributed by atoms with Crippen LogP contribution < -0.4 is 0 Å². The SMILES string of the molecule is Cn1nc(C(=O)N2CCN(C(=O)c3ccco3)CC2)c2c1CCN(C(=O)OC(C)(C)C)C2. The molecule has 0 atom stereocenters. The normalized spacial score (nSPS) is 16.7. The topological polar surface area (TPSA) is 101 Å². The summed E-state index contributed by atoms with van der Waals surface area (Å²) in [6, 6.07) is 3.31. The molecule has 172 valence electrons. The summed E-state index contributed by atoms with van der Waals surface area (Å²) in [7, 11) is 1.82. The standard InChI is InChI=1S/C22H29N5O5/c1-22(2,3)32-21(30)27-8-7-16-15(14-27)18(23-24(16)4)20(29)26-11-9-25(10-12-26)19(28)17-6-5-13-31-17/h5-6,13H,7-12,14H2,1-4H3. The van der Waals surface area contributed by atoms with E-state index in [-0.39, 0.29) is 18.4 Å². The number of carbonyl (C=O) groups is 3. The summed E-state index contributed by atoms with van der Waals surface area (Å²) in [5.41, 5.74) is 1.50. The first-order chi connectivity index (χ1) is 15.1. The number of nitrogens with zero attached hydrogens (tertiary/aromatic N) is 5. The van der Waals surface area contributed by atoms with Crippen LogP contribution in [0.15, 0.2) is 22.8 Å². The van der Waals surface area contributed by atoms with Crippen LogP contribution in [0.2, 0.25) is 0 Å². The molecule has 0 N–H and O–H groups in total. The third-order valence-electron chi connectivity index (χ3n) is 5.68. The Bertz CT molecular complexity index is 1010. The summed E-state index contributed by atoms with van der Waals surface area (Å²) in [4.78, 5) is 43.3. The van der Waals surface area contributed by atoms with Gasteiger partial charge in [-0.15, -0.1) is 0 Å². The number of amides is 3. The fourth-order valence-corrected chi connectivity index (χ4v) is 4.06. The minimum atomic E-state index is -0.586. The van der Waals surface area contributed by atoms with E-state index in [1.54, 1.807) is 31.5 Å². The van der Waals surface area contributed by atoms with E-state index >= 15 is 0 Å². The molecule has 4 rings (SSSR count). The van der Waals surface area contributed by atoms with Crippen molar-refractivity contribution >= 4 is 17.9 Å². The quantitative estimate of drug-likeness (QED) is 0.703. The van der Waals surface area contributed by atoms with Gasteiger partial charge < -0.3 is 23.9 Å². The van der Waals surface area contributed by atoms with Crippen molar-refractivity contribution in [2.75, 3.05) is 32.7 Å². The van der Waals surface area contributed by atoms with E-state index < -0.39 is 11.7 Å². The maximum Gasteiger partial charge on any atom is 0.410 e. The Morgan fingerprint density at radius 2 is 1.66 bits per heavy atom. The second-order valence-corrected chi connectivity index (χ2v) is 9.11. The molecule has 1 saturated heterocycles. The van der Waals surface area contributed by atoms with Crippen LogP contribution in [-0.2, 0) is 24.8 Å². The highest BCUT2D eigenvalue weighted by molar-refractivity contribution is 5.95.